The maximum Gasteiger partial charge on any atom is 0.190 e. The van der Waals surface area contributed by atoms with Gasteiger partial charge in [-0.25, -0.2) is 0 Å². The van der Waals surface area contributed by atoms with E-state index in [1.807, 2.05) is 6.92 Å². The van der Waals surface area contributed by atoms with Crippen LogP contribution in [-0.2, 0) is 11.2 Å². The molecule has 0 atom stereocenters. The van der Waals surface area contributed by atoms with Gasteiger partial charge >= 0.3 is 0 Å². The second kappa shape index (κ2) is 10.3. The summed E-state index contributed by atoms with van der Waals surface area (Å²) >= 11 is 0. The standard InChI is InChI=1S/C16H27N3O/c1-4-20-13-5-11-18-16(17-3)19-12-10-15-8-6-14(2)7-9-15/h6-9H,4-5,10-13H2,1-3H3,(H2,17,18,19). The van der Waals surface area contributed by atoms with Crippen LogP contribution in [0.5, 0.6) is 0 Å². The smallest absolute Gasteiger partial charge is 0.190 e. The van der Waals surface area contributed by atoms with E-state index < -0.39 is 0 Å². The monoisotopic (exact) mass is 277 g/mol. The van der Waals surface area contributed by atoms with Crippen molar-refractivity contribution >= 4 is 5.96 Å². The van der Waals surface area contributed by atoms with E-state index in [0.717, 1.165) is 45.1 Å². The Kier molecular flexibility index (Phi) is 8.47. The van der Waals surface area contributed by atoms with Crippen molar-refractivity contribution in [2.75, 3.05) is 33.4 Å². The topological polar surface area (TPSA) is 45.6 Å². The van der Waals surface area contributed by atoms with Crippen LogP contribution in [0.15, 0.2) is 29.3 Å². The van der Waals surface area contributed by atoms with Crippen LogP contribution in [-0.4, -0.2) is 39.3 Å². The van der Waals surface area contributed by atoms with Gasteiger partial charge in [-0.2, -0.15) is 0 Å². The summed E-state index contributed by atoms with van der Waals surface area (Å²) in [7, 11) is 1.80. The van der Waals surface area contributed by atoms with Crippen molar-refractivity contribution < 1.29 is 4.74 Å². The fourth-order valence-electron chi connectivity index (χ4n) is 1.83. The summed E-state index contributed by atoms with van der Waals surface area (Å²) in [5.41, 5.74) is 2.64. The molecule has 0 aliphatic carbocycles. The minimum atomic E-state index is 0.781. The van der Waals surface area contributed by atoms with E-state index >= 15 is 0 Å². The number of hydrogen-bond donors (Lipinski definition) is 2. The summed E-state index contributed by atoms with van der Waals surface area (Å²) in [6, 6.07) is 8.65. The van der Waals surface area contributed by atoms with Gasteiger partial charge in [-0.15, -0.1) is 0 Å². The van der Waals surface area contributed by atoms with Crippen LogP contribution in [0, 0.1) is 6.92 Å². The molecule has 0 amide bonds. The molecule has 1 aromatic rings. The first-order chi connectivity index (χ1) is 9.76. The van der Waals surface area contributed by atoms with Gasteiger partial charge in [-0.05, 0) is 32.3 Å². The Bertz CT molecular complexity index is 387. The lowest BCUT2D eigenvalue weighted by Crippen LogP contribution is -2.39. The molecule has 4 heteroatoms. The first-order valence-corrected chi connectivity index (χ1v) is 7.34. The molecular weight excluding hydrogens is 250 g/mol. The zero-order valence-corrected chi connectivity index (χ0v) is 12.9. The summed E-state index contributed by atoms with van der Waals surface area (Å²) in [5.74, 6) is 0.855. The highest BCUT2D eigenvalue weighted by atomic mass is 16.5. The van der Waals surface area contributed by atoms with E-state index in [9.17, 15) is 0 Å². The third-order valence-electron chi connectivity index (χ3n) is 3.01. The van der Waals surface area contributed by atoms with Crippen molar-refractivity contribution in [3.05, 3.63) is 35.4 Å². The number of rotatable bonds is 8. The Morgan fingerprint density at radius 3 is 2.50 bits per heavy atom. The Morgan fingerprint density at radius 2 is 1.85 bits per heavy atom. The third kappa shape index (κ3) is 7.14. The van der Waals surface area contributed by atoms with Gasteiger partial charge in [-0.3, -0.25) is 4.99 Å². The fourth-order valence-corrected chi connectivity index (χ4v) is 1.83. The Hall–Kier alpha value is -1.55. The highest BCUT2D eigenvalue weighted by Crippen LogP contribution is 2.02. The van der Waals surface area contributed by atoms with Crippen LogP contribution < -0.4 is 10.6 Å². The zero-order chi connectivity index (χ0) is 14.6. The molecule has 0 spiro atoms. The minimum Gasteiger partial charge on any atom is -0.382 e. The molecule has 1 aromatic carbocycles. The molecule has 0 saturated heterocycles. The lowest BCUT2D eigenvalue weighted by molar-refractivity contribution is 0.145. The summed E-state index contributed by atoms with van der Waals surface area (Å²) in [6.45, 7) is 7.46. The van der Waals surface area contributed by atoms with Crippen LogP contribution in [0.2, 0.25) is 0 Å². The molecule has 0 fully saturated rings. The largest absolute Gasteiger partial charge is 0.382 e. The molecule has 0 radical (unpaired) electrons. The lowest BCUT2D eigenvalue weighted by atomic mass is 10.1. The molecule has 1 rings (SSSR count). The van der Waals surface area contributed by atoms with E-state index in [0.29, 0.717) is 0 Å². The molecule has 2 N–H and O–H groups in total. The molecule has 0 aliphatic rings. The van der Waals surface area contributed by atoms with Crippen molar-refractivity contribution in [2.45, 2.75) is 26.7 Å². The predicted octanol–water partition coefficient (Wildman–Crippen LogP) is 2.13. The van der Waals surface area contributed by atoms with E-state index in [1.54, 1.807) is 7.05 Å². The average Bonchev–Trinajstić information content (AvgIpc) is 2.47. The number of hydrogen-bond acceptors (Lipinski definition) is 2. The van der Waals surface area contributed by atoms with Crippen molar-refractivity contribution in [2.24, 2.45) is 4.99 Å². The fraction of sp³-hybridized carbons (Fsp3) is 0.562. The van der Waals surface area contributed by atoms with E-state index in [2.05, 4.69) is 46.8 Å². The molecule has 0 aliphatic heterocycles. The first kappa shape index (κ1) is 16.5. The Balaban J connectivity index is 2.16. The maximum atomic E-state index is 5.30. The SMILES string of the molecule is CCOCCCNC(=NC)NCCc1ccc(C)cc1. The molecule has 0 heterocycles. The molecule has 0 saturated carbocycles. The summed E-state index contributed by atoms with van der Waals surface area (Å²) in [5, 5.41) is 6.60. The molecule has 0 aromatic heterocycles. The van der Waals surface area contributed by atoms with Crippen LogP contribution in [0.25, 0.3) is 0 Å². The minimum absolute atomic E-state index is 0.781. The van der Waals surface area contributed by atoms with Gasteiger partial charge < -0.3 is 15.4 Å². The van der Waals surface area contributed by atoms with Crippen molar-refractivity contribution in [1.29, 1.82) is 0 Å². The number of aliphatic imine (C=N–C) groups is 1. The van der Waals surface area contributed by atoms with Crippen LogP contribution in [0.3, 0.4) is 0 Å². The molecule has 20 heavy (non-hydrogen) atoms. The van der Waals surface area contributed by atoms with Crippen LogP contribution in [0.4, 0.5) is 0 Å². The van der Waals surface area contributed by atoms with Gasteiger partial charge in [0.25, 0.3) is 0 Å². The second-order valence-electron chi connectivity index (χ2n) is 4.71. The molecule has 4 nitrogen and oxygen atoms in total. The Morgan fingerprint density at radius 1 is 1.15 bits per heavy atom. The number of benzene rings is 1. The Labute approximate surface area is 122 Å². The summed E-state index contributed by atoms with van der Waals surface area (Å²) in [4.78, 5) is 4.20. The van der Waals surface area contributed by atoms with Crippen molar-refractivity contribution in [3.8, 4) is 0 Å². The number of aryl methyl sites for hydroxylation is 1. The van der Waals surface area contributed by atoms with Gasteiger partial charge in [-0.1, -0.05) is 29.8 Å². The maximum absolute atomic E-state index is 5.30. The van der Waals surface area contributed by atoms with E-state index in [-0.39, 0.29) is 0 Å². The number of nitrogens with zero attached hydrogens (tertiary/aromatic N) is 1. The normalized spacial score (nSPS) is 11.4. The number of nitrogens with one attached hydrogen (secondary N) is 2. The number of ether oxygens (including phenoxy) is 1. The highest BCUT2D eigenvalue weighted by molar-refractivity contribution is 5.79. The quantitative estimate of drug-likeness (QED) is 0.435. The molecule has 0 unspecified atom stereocenters. The first-order valence-electron chi connectivity index (χ1n) is 7.34. The van der Waals surface area contributed by atoms with Crippen LogP contribution >= 0.6 is 0 Å². The molecular formula is C16H27N3O. The van der Waals surface area contributed by atoms with E-state index in [4.69, 9.17) is 4.74 Å². The van der Waals surface area contributed by atoms with Gasteiger partial charge in [0.15, 0.2) is 5.96 Å². The summed E-state index contributed by atoms with van der Waals surface area (Å²) in [6.07, 6.45) is 1.99. The average molecular weight is 277 g/mol. The van der Waals surface area contributed by atoms with Crippen molar-refractivity contribution in [3.63, 3.8) is 0 Å². The number of guanidine groups is 1. The highest BCUT2D eigenvalue weighted by Gasteiger charge is 1.97. The van der Waals surface area contributed by atoms with Gasteiger partial charge in [0.1, 0.15) is 0 Å². The van der Waals surface area contributed by atoms with Gasteiger partial charge in [0, 0.05) is 33.4 Å². The predicted molar refractivity (Wildman–Crippen MR) is 85.4 cm³/mol. The second-order valence-corrected chi connectivity index (χ2v) is 4.71. The van der Waals surface area contributed by atoms with Crippen molar-refractivity contribution in [1.82, 2.24) is 10.6 Å². The van der Waals surface area contributed by atoms with E-state index in [1.165, 1.54) is 11.1 Å². The molecule has 0 bridgehead atoms. The van der Waals surface area contributed by atoms with Gasteiger partial charge in [0.05, 0.1) is 0 Å². The third-order valence-corrected chi connectivity index (χ3v) is 3.01. The van der Waals surface area contributed by atoms with Crippen LogP contribution in [0.1, 0.15) is 24.5 Å². The molecule has 112 valence electrons. The zero-order valence-electron chi connectivity index (χ0n) is 12.9. The summed E-state index contributed by atoms with van der Waals surface area (Å²) < 4.78 is 5.30. The lowest BCUT2D eigenvalue weighted by Gasteiger charge is -2.12. The van der Waals surface area contributed by atoms with Gasteiger partial charge in [0.2, 0.25) is 0 Å².